The van der Waals surface area contributed by atoms with Crippen LogP contribution in [0.4, 0.5) is 5.69 Å². The van der Waals surface area contributed by atoms with E-state index in [0.717, 1.165) is 22.6 Å². The minimum absolute atomic E-state index is 0.319. The predicted molar refractivity (Wildman–Crippen MR) is 72.9 cm³/mol. The normalized spacial score (nSPS) is 10.7. The number of benzene rings is 1. The Kier molecular flexibility index (Phi) is 3.28. The molecule has 0 aliphatic rings. The maximum absolute atomic E-state index is 9.65. The molecule has 2 rings (SSSR count). The number of aromatic nitrogens is 2. The van der Waals surface area contributed by atoms with Crippen molar-refractivity contribution in [1.29, 1.82) is 0 Å². The maximum atomic E-state index is 9.65. The van der Waals surface area contributed by atoms with E-state index in [2.05, 4.69) is 17.3 Å². The van der Waals surface area contributed by atoms with Gasteiger partial charge in [0.2, 0.25) is 0 Å². The molecule has 2 N–H and O–H groups in total. The molecule has 0 atom stereocenters. The van der Waals surface area contributed by atoms with Crippen LogP contribution in [-0.2, 0) is 13.6 Å². The Balaban J connectivity index is 2.14. The molecule has 18 heavy (non-hydrogen) atoms. The third-order valence-electron chi connectivity index (χ3n) is 3.34. The zero-order valence-electron chi connectivity index (χ0n) is 11.3. The molecule has 0 saturated carbocycles. The zero-order valence-corrected chi connectivity index (χ0v) is 11.3. The minimum atomic E-state index is 0.319. The van der Waals surface area contributed by atoms with E-state index in [1.54, 1.807) is 6.07 Å². The van der Waals surface area contributed by atoms with E-state index in [4.69, 9.17) is 0 Å². The highest BCUT2D eigenvalue weighted by atomic mass is 16.3. The van der Waals surface area contributed by atoms with Crippen molar-refractivity contribution in [2.24, 2.45) is 7.05 Å². The van der Waals surface area contributed by atoms with Crippen LogP contribution in [0.1, 0.15) is 22.5 Å². The van der Waals surface area contributed by atoms with Crippen LogP contribution in [0.3, 0.4) is 0 Å². The van der Waals surface area contributed by atoms with Gasteiger partial charge in [-0.1, -0.05) is 6.07 Å². The largest absolute Gasteiger partial charge is 0.508 e. The lowest BCUT2D eigenvalue weighted by atomic mass is 10.1. The van der Waals surface area contributed by atoms with Gasteiger partial charge in [-0.05, 0) is 32.4 Å². The highest BCUT2D eigenvalue weighted by molar-refractivity contribution is 5.51. The lowest BCUT2D eigenvalue weighted by Crippen LogP contribution is -2.02. The second-order valence-electron chi connectivity index (χ2n) is 4.63. The third kappa shape index (κ3) is 2.32. The number of nitrogens with zero attached hydrogens (tertiary/aromatic N) is 2. The van der Waals surface area contributed by atoms with Gasteiger partial charge >= 0.3 is 0 Å². The summed E-state index contributed by atoms with van der Waals surface area (Å²) >= 11 is 0. The summed E-state index contributed by atoms with van der Waals surface area (Å²) in [5.41, 5.74) is 5.21. The number of hydrogen-bond acceptors (Lipinski definition) is 3. The van der Waals surface area contributed by atoms with Crippen molar-refractivity contribution in [3.63, 3.8) is 0 Å². The number of phenolic OH excluding ortho intramolecular Hbond substituents is 1. The molecule has 0 fully saturated rings. The number of rotatable bonds is 3. The van der Waals surface area contributed by atoms with Crippen molar-refractivity contribution in [1.82, 2.24) is 9.78 Å². The average molecular weight is 245 g/mol. The van der Waals surface area contributed by atoms with Gasteiger partial charge in [-0.15, -0.1) is 0 Å². The number of aryl methyl sites for hydroxylation is 3. The molecule has 2 aromatic rings. The van der Waals surface area contributed by atoms with Gasteiger partial charge in [0.05, 0.1) is 5.69 Å². The number of nitrogens with one attached hydrogen (secondary N) is 1. The highest BCUT2D eigenvalue weighted by Gasteiger charge is 2.08. The molecular formula is C14H19N3O. The Morgan fingerprint density at radius 2 is 2.00 bits per heavy atom. The number of aromatic hydroxyl groups is 1. The van der Waals surface area contributed by atoms with Gasteiger partial charge in [0.1, 0.15) is 5.75 Å². The molecular weight excluding hydrogens is 226 g/mol. The lowest BCUT2D eigenvalue weighted by molar-refractivity contribution is 0.471. The van der Waals surface area contributed by atoms with Crippen LogP contribution in [0.5, 0.6) is 5.75 Å². The lowest BCUT2D eigenvalue weighted by Gasteiger charge is -2.08. The zero-order chi connectivity index (χ0) is 13.3. The maximum Gasteiger partial charge on any atom is 0.120 e. The molecule has 0 unspecified atom stereocenters. The van der Waals surface area contributed by atoms with Gasteiger partial charge < -0.3 is 10.4 Å². The van der Waals surface area contributed by atoms with Crippen LogP contribution >= 0.6 is 0 Å². The second kappa shape index (κ2) is 4.72. The Morgan fingerprint density at radius 3 is 2.56 bits per heavy atom. The molecule has 0 bridgehead atoms. The van der Waals surface area contributed by atoms with Gasteiger partial charge in [-0.3, -0.25) is 4.68 Å². The van der Waals surface area contributed by atoms with Gasteiger partial charge in [0.25, 0.3) is 0 Å². The first-order chi connectivity index (χ1) is 8.49. The molecule has 0 saturated heterocycles. The molecule has 0 spiro atoms. The van der Waals surface area contributed by atoms with E-state index in [1.807, 2.05) is 37.7 Å². The Hall–Kier alpha value is -1.97. The van der Waals surface area contributed by atoms with Crippen molar-refractivity contribution in [2.75, 3.05) is 5.32 Å². The summed E-state index contributed by atoms with van der Waals surface area (Å²) in [4.78, 5) is 0. The van der Waals surface area contributed by atoms with Crippen molar-refractivity contribution in [3.8, 4) is 5.75 Å². The van der Waals surface area contributed by atoms with Gasteiger partial charge in [-0.25, -0.2) is 0 Å². The fraction of sp³-hybridized carbons (Fsp3) is 0.357. The van der Waals surface area contributed by atoms with Crippen LogP contribution in [0, 0.1) is 20.8 Å². The summed E-state index contributed by atoms with van der Waals surface area (Å²) in [5, 5.41) is 17.3. The molecule has 1 heterocycles. The summed E-state index contributed by atoms with van der Waals surface area (Å²) in [6.45, 7) is 6.67. The van der Waals surface area contributed by atoms with E-state index >= 15 is 0 Å². The molecule has 1 aromatic carbocycles. The topological polar surface area (TPSA) is 50.1 Å². The molecule has 96 valence electrons. The summed E-state index contributed by atoms with van der Waals surface area (Å²) in [5.74, 6) is 0.319. The molecule has 0 aliphatic heterocycles. The third-order valence-corrected chi connectivity index (χ3v) is 3.34. The molecule has 4 heteroatoms. The van der Waals surface area contributed by atoms with E-state index in [-0.39, 0.29) is 0 Å². The van der Waals surface area contributed by atoms with Crippen molar-refractivity contribution < 1.29 is 5.11 Å². The number of phenols is 1. The van der Waals surface area contributed by atoms with Crippen molar-refractivity contribution >= 4 is 5.69 Å². The molecule has 0 radical (unpaired) electrons. The SMILES string of the molecule is Cc1ccc(NCc2c(C)nn(C)c2C)cc1O. The fourth-order valence-corrected chi connectivity index (χ4v) is 1.98. The number of hydrogen-bond donors (Lipinski definition) is 2. The quantitative estimate of drug-likeness (QED) is 0.874. The molecule has 0 aliphatic carbocycles. The molecule has 1 aromatic heterocycles. The second-order valence-corrected chi connectivity index (χ2v) is 4.63. The van der Waals surface area contributed by atoms with Gasteiger partial charge in [-0.2, -0.15) is 5.10 Å². The van der Waals surface area contributed by atoms with Crippen molar-refractivity contribution in [3.05, 3.63) is 40.7 Å². The standard InChI is InChI=1S/C14H19N3O/c1-9-5-6-12(7-14(9)18)15-8-13-10(2)16-17(4)11(13)3/h5-7,15,18H,8H2,1-4H3. The van der Waals surface area contributed by atoms with Crippen LogP contribution in [0.15, 0.2) is 18.2 Å². The van der Waals surface area contributed by atoms with E-state index < -0.39 is 0 Å². The first-order valence-electron chi connectivity index (χ1n) is 6.01. The summed E-state index contributed by atoms with van der Waals surface area (Å²) in [6, 6.07) is 5.62. The Morgan fingerprint density at radius 1 is 1.28 bits per heavy atom. The Bertz CT molecular complexity index is 573. The van der Waals surface area contributed by atoms with E-state index in [9.17, 15) is 5.11 Å². The summed E-state index contributed by atoms with van der Waals surface area (Å²) in [7, 11) is 1.95. The van der Waals surface area contributed by atoms with Crippen LogP contribution in [-0.4, -0.2) is 14.9 Å². The smallest absolute Gasteiger partial charge is 0.120 e. The van der Waals surface area contributed by atoms with Crippen molar-refractivity contribution in [2.45, 2.75) is 27.3 Å². The van der Waals surface area contributed by atoms with Crippen LogP contribution in [0.2, 0.25) is 0 Å². The monoisotopic (exact) mass is 245 g/mol. The minimum Gasteiger partial charge on any atom is -0.508 e. The first-order valence-corrected chi connectivity index (χ1v) is 6.01. The molecule has 4 nitrogen and oxygen atoms in total. The highest BCUT2D eigenvalue weighted by Crippen LogP contribution is 2.22. The average Bonchev–Trinajstić information content (AvgIpc) is 2.56. The van der Waals surface area contributed by atoms with E-state index in [1.165, 1.54) is 5.56 Å². The van der Waals surface area contributed by atoms with E-state index in [0.29, 0.717) is 12.3 Å². The Labute approximate surface area is 107 Å². The predicted octanol–water partition coefficient (Wildman–Crippen LogP) is 2.66. The van der Waals surface area contributed by atoms with Gasteiger partial charge in [0, 0.05) is 36.6 Å². The first kappa shape index (κ1) is 12.5. The molecule has 0 amide bonds. The fourth-order valence-electron chi connectivity index (χ4n) is 1.98. The van der Waals surface area contributed by atoms with Crippen LogP contribution in [0.25, 0.3) is 0 Å². The van der Waals surface area contributed by atoms with Crippen LogP contribution < -0.4 is 5.32 Å². The summed E-state index contributed by atoms with van der Waals surface area (Å²) in [6.07, 6.45) is 0. The van der Waals surface area contributed by atoms with Gasteiger partial charge in [0.15, 0.2) is 0 Å². The number of anilines is 1. The summed E-state index contributed by atoms with van der Waals surface area (Å²) < 4.78 is 1.89.